The highest BCUT2D eigenvalue weighted by Crippen LogP contribution is 2.39. The van der Waals surface area contributed by atoms with Gasteiger partial charge in [-0.05, 0) is 27.7 Å². The number of H-pyrrole nitrogens is 1. The van der Waals surface area contributed by atoms with Crippen molar-refractivity contribution in [2.75, 3.05) is 19.8 Å². The number of aliphatic hydroxyl groups excluding tert-OH is 2. The maximum absolute atomic E-state index is 13.5. The normalized spacial score (nSPS) is 23.7. The van der Waals surface area contributed by atoms with Crippen molar-refractivity contribution in [3.63, 3.8) is 0 Å². The van der Waals surface area contributed by atoms with Gasteiger partial charge in [0.2, 0.25) is 0 Å². The summed E-state index contributed by atoms with van der Waals surface area (Å²) in [6.45, 7) is 7.01. The maximum atomic E-state index is 13.5. The average Bonchev–Trinajstić information content (AvgIpc) is 3.16. The van der Waals surface area contributed by atoms with E-state index in [-0.39, 0.29) is 19.8 Å². The third-order valence-electron chi connectivity index (χ3n) is 6.68. The van der Waals surface area contributed by atoms with Crippen molar-refractivity contribution in [1.29, 1.82) is 0 Å². The highest BCUT2D eigenvalue weighted by Gasteiger charge is 2.62. The van der Waals surface area contributed by atoms with Crippen LogP contribution in [0.5, 0.6) is 0 Å². The van der Waals surface area contributed by atoms with Crippen molar-refractivity contribution >= 4 is 19.2 Å². The number of aryl methyl sites for hydroxylation is 1. The van der Waals surface area contributed by atoms with E-state index in [0.29, 0.717) is 5.56 Å². The summed E-state index contributed by atoms with van der Waals surface area (Å²) >= 11 is 0. The molecule has 2 heterocycles. The Hall–Kier alpha value is -2.86. The first-order valence-electron chi connectivity index (χ1n) is 12.7. The summed E-state index contributed by atoms with van der Waals surface area (Å²) in [6, 6.07) is 19.4. The Morgan fingerprint density at radius 1 is 1.05 bits per heavy atom. The average molecular weight is 541 g/mol. The molecule has 0 aliphatic carbocycles. The Morgan fingerprint density at radius 3 is 2.16 bits per heavy atom. The molecule has 0 radical (unpaired) electrons. The third-order valence-corrected chi connectivity index (χ3v) is 10.4. The molecule has 1 fully saturated rings. The molecule has 0 saturated carbocycles. The first-order chi connectivity index (χ1) is 18.1. The standard InChI is InChI=1S/C28H36N2O7Si/c1-19-17-30(26(34)29-25(19)33)28(38(20-11-7-5-8-12-20)21-13-9-6-10-14-21)24(35-16-15-31)23(32)22(37-28)18-36-27(2,3)4/h5-14,17,22-24,31-32,38H,15-16,18H2,1-4H3,(H,29,33,34)/t22-,23-,24-,28+/m1/s1. The zero-order valence-electron chi connectivity index (χ0n) is 22.2. The number of aromatic nitrogens is 2. The molecule has 4 rings (SSSR count). The molecule has 2 aromatic carbocycles. The van der Waals surface area contributed by atoms with Crippen LogP contribution in [0.2, 0.25) is 0 Å². The molecule has 0 bridgehead atoms. The lowest BCUT2D eigenvalue weighted by molar-refractivity contribution is -0.128. The van der Waals surface area contributed by atoms with Crippen molar-refractivity contribution in [2.45, 2.75) is 57.0 Å². The number of rotatable bonds is 9. The number of hydrogen-bond donors (Lipinski definition) is 3. The number of ether oxygens (including phenoxy) is 3. The summed E-state index contributed by atoms with van der Waals surface area (Å²) in [4.78, 5) is 28.3. The summed E-state index contributed by atoms with van der Waals surface area (Å²) in [5.74, 6) is 0. The topological polar surface area (TPSA) is 123 Å². The molecule has 0 amide bonds. The highest BCUT2D eigenvalue weighted by molar-refractivity contribution is 6.86. The predicted molar refractivity (Wildman–Crippen MR) is 147 cm³/mol. The second kappa shape index (κ2) is 11.5. The quantitative estimate of drug-likeness (QED) is 0.327. The van der Waals surface area contributed by atoms with E-state index in [1.807, 2.05) is 81.4 Å². The molecule has 1 aliphatic rings. The molecule has 3 N–H and O–H groups in total. The Balaban J connectivity index is 2.03. The van der Waals surface area contributed by atoms with Crippen molar-refractivity contribution in [2.24, 2.45) is 0 Å². The monoisotopic (exact) mass is 540 g/mol. The van der Waals surface area contributed by atoms with Crippen molar-refractivity contribution in [1.82, 2.24) is 9.55 Å². The maximum Gasteiger partial charge on any atom is 0.330 e. The van der Waals surface area contributed by atoms with E-state index in [1.165, 1.54) is 10.8 Å². The molecule has 9 nitrogen and oxygen atoms in total. The first kappa shape index (κ1) is 28.2. The van der Waals surface area contributed by atoms with E-state index in [9.17, 15) is 19.8 Å². The number of hydrogen-bond acceptors (Lipinski definition) is 7. The molecular formula is C28H36N2O7Si. The fourth-order valence-electron chi connectivity index (χ4n) is 5.03. The van der Waals surface area contributed by atoms with E-state index in [2.05, 4.69) is 4.98 Å². The summed E-state index contributed by atoms with van der Waals surface area (Å²) in [5.41, 5.74) is -1.37. The molecule has 0 spiro atoms. The van der Waals surface area contributed by atoms with Crippen LogP contribution in [0.25, 0.3) is 0 Å². The van der Waals surface area contributed by atoms with Gasteiger partial charge in [0.1, 0.15) is 18.3 Å². The lowest BCUT2D eigenvalue weighted by Gasteiger charge is -2.42. The lowest BCUT2D eigenvalue weighted by Crippen LogP contribution is -2.69. The van der Waals surface area contributed by atoms with Gasteiger partial charge >= 0.3 is 5.69 Å². The van der Waals surface area contributed by atoms with Crippen LogP contribution in [0.4, 0.5) is 0 Å². The molecular weight excluding hydrogens is 504 g/mol. The fraction of sp³-hybridized carbons (Fsp3) is 0.429. The van der Waals surface area contributed by atoms with Gasteiger partial charge in [-0.25, -0.2) is 4.79 Å². The van der Waals surface area contributed by atoms with Crippen molar-refractivity contribution in [3.8, 4) is 0 Å². The molecule has 1 aliphatic heterocycles. The van der Waals surface area contributed by atoms with Gasteiger partial charge in [-0.15, -0.1) is 0 Å². The van der Waals surface area contributed by atoms with Crippen LogP contribution >= 0.6 is 0 Å². The van der Waals surface area contributed by atoms with Crippen LogP contribution in [0.15, 0.2) is 76.4 Å². The van der Waals surface area contributed by atoms with E-state index >= 15 is 0 Å². The number of aromatic amines is 1. The Bertz CT molecular complexity index is 1280. The minimum absolute atomic E-state index is 0.0488. The van der Waals surface area contributed by atoms with E-state index in [1.54, 1.807) is 6.92 Å². The van der Waals surface area contributed by atoms with Crippen LogP contribution in [0.3, 0.4) is 0 Å². The smallest absolute Gasteiger partial charge is 0.330 e. The van der Waals surface area contributed by atoms with E-state index < -0.39 is 49.3 Å². The SMILES string of the molecule is Cc1cn([C@]2([SiH](c3ccccc3)c3ccccc3)O[C@H](COC(C)(C)C)[C@@H](O)[C@H]2OCCO)c(=O)[nH]c1=O. The van der Waals surface area contributed by atoms with Gasteiger partial charge in [-0.3, -0.25) is 14.3 Å². The number of aliphatic hydroxyl groups is 2. The van der Waals surface area contributed by atoms with Gasteiger partial charge < -0.3 is 24.4 Å². The van der Waals surface area contributed by atoms with Gasteiger partial charge in [-0.2, -0.15) is 0 Å². The van der Waals surface area contributed by atoms with Gasteiger partial charge in [0.25, 0.3) is 5.56 Å². The Morgan fingerprint density at radius 2 is 1.63 bits per heavy atom. The van der Waals surface area contributed by atoms with E-state index in [4.69, 9.17) is 14.2 Å². The van der Waals surface area contributed by atoms with Gasteiger partial charge in [0, 0.05) is 11.8 Å². The predicted octanol–water partition coefficient (Wildman–Crippen LogP) is 0.0308. The minimum Gasteiger partial charge on any atom is -0.394 e. The summed E-state index contributed by atoms with van der Waals surface area (Å²) in [7, 11) is -2.68. The summed E-state index contributed by atoms with van der Waals surface area (Å²) in [5, 5.41) is 21.7. The number of nitrogens with one attached hydrogen (secondary N) is 1. The first-order valence-corrected chi connectivity index (χ1v) is 14.5. The molecule has 204 valence electrons. The molecule has 1 aromatic heterocycles. The Kier molecular flexibility index (Phi) is 8.51. The Labute approximate surface area is 223 Å². The van der Waals surface area contributed by atoms with Crippen LogP contribution < -0.4 is 21.6 Å². The van der Waals surface area contributed by atoms with Crippen LogP contribution in [-0.2, 0) is 19.6 Å². The zero-order chi connectivity index (χ0) is 27.5. The number of benzene rings is 2. The van der Waals surface area contributed by atoms with Gasteiger partial charge in [-0.1, -0.05) is 71.0 Å². The van der Waals surface area contributed by atoms with Crippen molar-refractivity contribution < 1.29 is 24.4 Å². The van der Waals surface area contributed by atoms with Gasteiger partial charge in [0.15, 0.2) is 14.1 Å². The third kappa shape index (κ3) is 5.61. The number of nitrogens with zero attached hydrogens (tertiary/aromatic N) is 1. The molecule has 0 unspecified atom stereocenters. The zero-order valence-corrected chi connectivity index (χ0v) is 23.3. The minimum atomic E-state index is -2.68. The largest absolute Gasteiger partial charge is 0.394 e. The second-order valence-electron chi connectivity index (χ2n) is 10.5. The lowest BCUT2D eigenvalue weighted by atomic mass is 10.1. The highest BCUT2D eigenvalue weighted by atomic mass is 28.3. The fourth-order valence-corrected chi connectivity index (χ4v) is 8.99. The molecule has 1 saturated heterocycles. The molecule has 3 aromatic rings. The van der Waals surface area contributed by atoms with Crippen LogP contribution in [0.1, 0.15) is 26.3 Å². The second-order valence-corrected chi connectivity index (χ2v) is 13.6. The van der Waals surface area contributed by atoms with E-state index in [0.717, 1.165) is 10.4 Å². The molecule has 4 atom stereocenters. The summed E-state index contributed by atoms with van der Waals surface area (Å²) in [6.07, 6.45) is -1.62. The van der Waals surface area contributed by atoms with Crippen molar-refractivity contribution in [3.05, 3.63) is 93.3 Å². The molecule has 38 heavy (non-hydrogen) atoms. The van der Waals surface area contributed by atoms with Gasteiger partial charge in [0.05, 0.1) is 25.4 Å². The molecule has 10 heteroatoms. The van der Waals surface area contributed by atoms with Crippen LogP contribution in [-0.4, -0.2) is 72.3 Å². The van der Waals surface area contributed by atoms with Crippen LogP contribution in [0, 0.1) is 6.92 Å². The summed E-state index contributed by atoms with van der Waals surface area (Å²) < 4.78 is 20.4.